The normalized spacial score (nSPS) is 14.2. The van der Waals surface area contributed by atoms with Crippen LogP contribution in [-0.2, 0) is 43.7 Å². The van der Waals surface area contributed by atoms with Crippen LogP contribution in [0.5, 0.6) is 0 Å². The number of anilines is 1. The Morgan fingerprint density at radius 3 is 1.22 bits per heavy atom. The molecule has 11 heterocycles. The molecule has 0 radical (unpaired) electrons. The summed E-state index contributed by atoms with van der Waals surface area (Å²) in [6.45, 7) is 13.1. The molecule has 29 heteroatoms. The Hall–Kier alpha value is -9.83. The summed E-state index contributed by atoms with van der Waals surface area (Å²) < 4.78 is 45.7. The third-order valence-electron chi connectivity index (χ3n) is 17.7. The number of carbonyl (C=O) groups excluding carboxylic acids is 4. The number of alkyl halides is 3. The van der Waals surface area contributed by atoms with Gasteiger partial charge in [-0.05, 0) is 132 Å². The first-order valence-corrected chi connectivity index (χ1v) is 32.3. The average Bonchev–Trinajstić information content (AvgIpc) is 1.71. The van der Waals surface area contributed by atoms with E-state index in [1.165, 1.54) is 11.1 Å². The van der Waals surface area contributed by atoms with Crippen molar-refractivity contribution < 1.29 is 32.3 Å². The van der Waals surface area contributed by atoms with Crippen molar-refractivity contribution >= 4 is 81.3 Å². The van der Waals surface area contributed by atoms with Crippen LogP contribution in [0.4, 0.5) is 19.1 Å². The number of aryl methyl sites for hydroxylation is 3. The Balaban J connectivity index is 0.000000139. The van der Waals surface area contributed by atoms with Gasteiger partial charge in [-0.1, -0.05) is 53.0 Å². The minimum Gasteiger partial charge on any atom is -0.339 e. The molecule has 2 fully saturated rings. The largest absolute Gasteiger partial charge is 0.451 e. The van der Waals surface area contributed by atoms with Crippen molar-refractivity contribution in [2.24, 2.45) is 17.2 Å². The Labute approximate surface area is 569 Å². The molecule has 6 N–H and O–H groups in total. The Kier molecular flexibility index (Phi) is 19.4. The lowest BCUT2D eigenvalue weighted by atomic mass is 9.97. The van der Waals surface area contributed by atoms with Crippen LogP contribution < -0.4 is 22.1 Å². The summed E-state index contributed by atoms with van der Waals surface area (Å²) in [6, 6.07) is 24.5. The van der Waals surface area contributed by atoms with Gasteiger partial charge < -0.3 is 46.3 Å². The zero-order valence-corrected chi connectivity index (χ0v) is 55.6. The van der Waals surface area contributed by atoms with E-state index in [1.807, 2.05) is 120 Å². The second kappa shape index (κ2) is 28.1. The average molecular weight is 1380 g/mol. The first kappa shape index (κ1) is 67.2. The van der Waals surface area contributed by atoms with Gasteiger partial charge in [0.1, 0.15) is 34.0 Å². The smallest absolute Gasteiger partial charge is 0.339 e. The van der Waals surface area contributed by atoms with E-state index < -0.39 is 12.0 Å². The molecular weight excluding hydrogens is 1310 g/mol. The van der Waals surface area contributed by atoms with Crippen molar-refractivity contribution in [1.29, 1.82) is 0 Å². The number of aromatic nitrogens is 11. The zero-order valence-electron chi connectivity index (χ0n) is 53.3. The maximum atomic E-state index is 13.4. The number of carbonyl (C=O) groups is 4. The number of hydrogen-bond acceptors (Lipinski definition) is 15. The number of fused-ring (bicyclic) bond motifs is 4. The van der Waals surface area contributed by atoms with Crippen LogP contribution >= 0.6 is 34.8 Å². The summed E-state index contributed by atoms with van der Waals surface area (Å²) in [4.78, 5) is 82.3. The summed E-state index contributed by atoms with van der Waals surface area (Å²) in [5, 5.41) is 8.88. The lowest BCUT2D eigenvalue weighted by Gasteiger charge is -2.34. The molecule has 8 aromatic heterocycles. The number of benzene rings is 3. The van der Waals surface area contributed by atoms with E-state index in [4.69, 9.17) is 52.0 Å². The molecule has 11 aromatic rings. The molecule has 0 bridgehead atoms. The lowest BCUT2D eigenvalue weighted by molar-refractivity contribution is -0.147. The lowest BCUT2D eigenvalue weighted by Crippen LogP contribution is -2.50. The van der Waals surface area contributed by atoms with Crippen LogP contribution in [0.3, 0.4) is 0 Å². The van der Waals surface area contributed by atoms with E-state index in [1.54, 1.807) is 58.0 Å². The monoisotopic (exact) mass is 1380 g/mol. The highest BCUT2D eigenvalue weighted by Gasteiger charge is 2.40. The number of hydrogen-bond donors (Lipinski definition) is 3. The standard InChI is InChI=1S/C24H24ClN7O.C22H19ClF3N7O.C22H24ClN5O2/c1-16-11-18(25)3-4-19(16)20-15-32-21(14-29-22(32)12-17(20)13-26)23(33)30-7-9-31(10-8-30)24-27-5-2-6-28-24;1-12-6-14(23)2-3-15(12)16-10-33-17(9-28-18(33)7-13(16)8-27)20(34)31-4-5-32-19(11-31)29-30-21(32)22(24,25)26;1-14-9-17(23)3-4-18(14)19-13-28-20(12-25-21(28)10-16(19)11-24)22(30)27-7-5-26(6-8-27)15(2)29/h2-6,11-12,14-15H,7-10,13,26H2,1H3;2-3,6-7,9-10H,4-5,8,11,27H2,1H3;3-4,9-10,12-13H,5-8,11,24H2,1-2H3. The molecule has 500 valence electrons. The van der Waals surface area contributed by atoms with Crippen molar-refractivity contribution in [1.82, 2.24) is 72.5 Å². The van der Waals surface area contributed by atoms with Crippen LogP contribution in [0, 0.1) is 20.8 Å². The van der Waals surface area contributed by atoms with Gasteiger partial charge in [0.05, 0.1) is 25.1 Å². The van der Waals surface area contributed by atoms with Gasteiger partial charge in [-0.15, -0.1) is 10.2 Å². The molecule has 0 unspecified atom stereocenters. The van der Waals surface area contributed by atoms with Gasteiger partial charge in [-0.25, -0.2) is 24.9 Å². The van der Waals surface area contributed by atoms with Crippen molar-refractivity contribution in [3.63, 3.8) is 0 Å². The highest BCUT2D eigenvalue weighted by molar-refractivity contribution is 6.31. The molecule has 3 aliphatic rings. The van der Waals surface area contributed by atoms with Crippen LogP contribution in [0.1, 0.15) is 83.4 Å². The van der Waals surface area contributed by atoms with Gasteiger partial charge in [-0.2, -0.15) is 13.2 Å². The molecule has 3 aliphatic heterocycles. The first-order valence-electron chi connectivity index (χ1n) is 31.2. The van der Waals surface area contributed by atoms with E-state index in [0.29, 0.717) is 115 Å². The fourth-order valence-electron chi connectivity index (χ4n) is 12.5. The zero-order chi connectivity index (χ0) is 68.6. The number of pyridine rings is 3. The molecule has 97 heavy (non-hydrogen) atoms. The van der Waals surface area contributed by atoms with E-state index in [2.05, 4.69) is 40.0 Å². The number of amides is 4. The number of nitrogens with zero attached hydrogens (tertiary/aromatic N) is 16. The molecule has 0 saturated carbocycles. The van der Waals surface area contributed by atoms with Crippen molar-refractivity contribution in [3.8, 4) is 33.4 Å². The predicted molar refractivity (Wildman–Crippen MR) is 363 cm³/mol. The minimum atomic E-state index is -4.60. The van der Waals surface area contributed by atoms with Crippen molar-refractivity contribution in [2.45, 2.75) is 66.6 Å². The number of rotatable bonds is 10. The van der Waals surface area contributed by atoms with Gasteiger partial charge in [0.25, 0.3) is 17.7 Å². The quantitative estimate of drug-likeness (QED) is 0.115. The van der Waals surface area contributed by atoms with Crippen LogP contribution in [0.2, 0.25) is 15.1 Å². The van der Waals surface area contributed by atoms with E-state index in [9.17, 15) is 32.3 Å². The highest BCUT2D eigenvalue weighted by Crippen LogP contribution is 2.35. The van der Waals surface area contributed by atoms with E-state index in [-0.39, 0.29) is 61.3 Å². The number of halogens is 6. The predicted octanol–water partition coefficient (Wildman–Crippen LogP) is 9.59. The molecule has 4 amide bonds. The van der Waals surface area contributed by atoms with Gasteiger partial charge >= 0.3 is 6.18 Å². The second-order valence-electron chi connectivity index (χ2n) is 23.7. The minimum absolute atomic E-state index is 0.0363. The Morgan fingerprint density at radius 1 is 0.474 bits per heavy atom. The third kappa shape index (κ3) is 13.8. The third-order valence-corrected chi connectivity index (χ3v) is 18.4. The Morgan fingerprint density at radius 2 is 0.845 bits per heavy atom. The molecule has 0 aliphatic carbocycles. The summed E-state index contributed by atoms with van der Waals surface area (Å²) in [7, 11) is 0. The second-order valence-corrected chi connectivity index (χ2v) is 25.0. The van der Waals surface area contributed by atoms with Crippen molar-refractivity contribution in [2.75, 3.05) is 63.8 Å². The van der Waals surface area contributed by atoms with Crippen molar-refractivity contribution in [3.05, 3.63) is 206 Å². The van der Waals surface area contributed by atoms with Gasteiger partial charge in [-0.3, -0.25) is 32.4 Å². The number of piperazine rings is 2. The van der Waals surface area contributed by atoms with Gasteiger partial charge in [0.2, 0.25) is 17.7 Å². The maximum Gasteiger partial charge on any atom is 0.451 e. The molecule has 0 atom stereocenters. The van der Waals surface area contributed by atoms with Gasteiger partial charge in [0, 0.05) is 155 Å². The van der Waals surface area contributed by atoms with Crippen LogP contribution in [-0.4, -0.2) is 155 Å². The fourth-order valence-corrected chi connectivity index (χ4v) is 13.2. The van der Waals surface area contributed by atoms with E-state index in [0.717, 1.165) is 71.3 Å². The number of imidazole rings is 3. The molecular formula is C68H67Cl3F3N19O4. The molecule has 2 saturated heterocycles. The summed E-state index contributed by atoms with van der Waals surface area (Å²) in [6.07, 6.45) is 9.26. The molecule has 23 nitrogen and oxygen atoms in total. The summed E-state index contributed by atoms with van der Waals surface area (Å²) in [5.74, 6) is -0.744. The molecule has 14 rings (SSSR count). The van der Waals surface area contributed by atoms with Crippen LogP contribution in [0.15, 0.2) is 128 Å². The fraction of sp³-hybridized carbons (Fsp3) is 0.279. The Bertz CT molecular complexity index is 4830. The molecule has 0 spiro atoms. The first-order chi connectivity index (χ1) is 46.6. The number of nitrogens with two attached hydrogens (primary N) is 3. The summed E-state index contributed by atoms with van der Waals surface area (Å²) >= 11 is 18.4. The molecule has 3 aromatic carbocycles. The SMILES string of the molecule is CC(=O)N1CCN(C(=O)c2cnc3cc(CN)c(-c4ccc(Cl)cc4C)cn23)CC1.Cc1cc(Cl)ccc1-c1cn2c(C(=O)N3CCN(c4ncccn4)CC3)cnc2cc1CN.Cc1cc(Cl)ccc1-c1cn2c(C(=O)N3CCn4c(nnc4C(F)(F)F)C3)cnc2cc1CN. The highest BCUT2D eigenvalue weighted by atomic mass is 35.5. The summed E-state index contributed by atoms with van der Waals surface area (Å²) in [5.41, 5.74) is 32.8. The maximum absolute atomic E-state index is 13.4. The van der Waals surface area contributed by atoms with E-state index >= 15 is 0 Å². The van der Waals surface area contributed by atoms with Crippen LogP contribution in [0.25, 0.3) is 50.3 Å². The van der Waals surface area contributed by atoms with Gasteiger partial charge in [0.15, 0.2) is 5.82 Å². The topological polar surface area (TPSA) is 271 Å².